The molecule has 0 saturated carbocycles. The lowest BCUT2D eigenvalue weighted by Gasteiger charge is -2.42. The average molecular weight is 365 g/mol. The molecule has 0 atom stereocenters. The molecule has 0 spiro atoms. The number of carbonyl (C=O) groups excluding carboxylic acids is 2. The first-order valence-electron chi connectivity index (χ1n) is 8.24. The molecule has 0 aromatic heterocycles. The van der Waals surface area contributed by atoms with Crippen molar-refractivity contribution in [2.75, 3.05) is 16.0 Å². The second-order valence-electron chi connectivity index (χ2n) is 6.52. The van der Waals surface area contributed by atoms with Crippen LogP contribution in [0.1, 0.15) is 25.0 Å². The maximum atomic E-state index is 12.9. The zero-order valence-corrected chi connectivity index (χ0v) is 15.5. The second-order valence-corrected chi connectivity index (χ2v) is 7.51. The Morgan fingerprint density at radius 2 is 1.88 bits per heavy atom. The number of nitriles is 1. The number of fused-ring (bicyclic) bond motifs is 1. The minimum absolute atomic E-state index is 0.128. The van der Waals surface area contributed by atoms with Gasteiger partial charge in [0.1, 0.15) is 5.54 Å². The van der Waals surface area contributed by atoms with Gasteiger partial charge in [0.05, 0.1) is 28.8 Å². The van der Waals surface area contributed by atoms with Crippen molar-refractivity contribution in [3.63, 3.8) is 0 Å². The predicted octanol–water partition coefficient (Wildman–Crippen LogP) is 3.56. The molecule has 2 amide bonds. The van der Waals surface area contributed by atoms with Gasteiger partial charge in [-0.2, -0.15) is 5.26 Å². The molecule has 0 aliphatic carbocycles. The summed E-state index contributed by atoms with van der Waals surface area (Å²) in [5, 5.41) is 12.0. The van der Waals surface area contributed by atoms with Crippen molar-refractivity contribution in [2.24, 2.45) is 0 Å². The van der Waals surface area contributed by atoms with E-state index in [1.165, 1.54) is 11.8 Å². The molecule has 3 rings (SSSR count). The third-order valence-corrected chi connectivity index (χ3v) is 5.34. The van der Waals surface area contributed by atoms with E-state index in [1.54, 1.807) is 30.9 Å². The largest absolute Gasteiger partial charge is 0.322 e. The number of nitrogens with one attached hydrogen (secondary N) is 1. The van der Waals surface area contributed by atoms with Gasteiger partial charge >= 0.3 is 0 Å². The lowest BCUT2D eigenvalue weighted by molar-refractivity contribution is -0.125. The van der Waals surface area contributed by atoms with Crippen LogP contribution in [0.5, 0.6) is 0 Å². The van der Waals surface area contributed by atoms with Crippen molar-refractivity contribution in [1.82, 2.24) is 0 Å². The molecule has 2 aromatic rings. The minimum atomic E-state index is -0.962. The van der Waals surface area contributed by atoms with Gasteiger partial charge in [0.2, 0.25) is 11.8 Å². The maximum Gasteiger partial charge on any atom is 0.250 e. The zero-order chi connectivity index (χ0) is 18.7. The van der Waals surface area contributed by atoms with Gasteiger partial charge < -0.3 is 5.32 Å². The number of rotatable bonds is 4. The fraction of sp³-hybridized carbons (Fsp3) is 0.250. The Bertz CT molecular complexity index is 902. The molecule has 1 aliphatic heterocycles. The van der Waals surface area contributed by atoms with E-state index in [-0.39, 0.29) is 17.6 Å². The van der Waals surface area contributed by atoms with Crippen LogP contribution in [0.2, 0.25) is 0 Å². The molecule has 0 saturated heterocycles. The first-order chi connectivity index (χ1) is 12.4. The Kier molecular flexibility index (Phi) is 5.01. The molecule has 0 bridgehead atoms. The van der Waals surface area contributed by atoms with Crippen molar-refractivity contribution in [3.8, 4) is 6.07 Å². The van der Waals surface area contributed by atoms with Crippen molar-refractivity contribution in [1.29, 1.82) is 5.26 Å². The van der Waals surface area contributed by atoms with Crippen LogP contribution in [0.25, 0.3) is 0 Å². The van der Waals surface area contributed by atoms with E-state index >= 15 is 0 Å². The molecule has 132 valence electrons. The van der Waals surface area contributed by atoms with Gasteiger partial charge in [0.15, 0.2) is 0 Å². The monoisotopic (exact) mass is 365 g/mol. The number of benzene rings is 2. The van der Waals surface area contributed by atoms with Gasteiger partial charge in [-0.3, -0.25) is 14.5 Å². The highest BCUT2D eigenvalue weighted by Crippen LogP contribution is 2.37. The van der Waals surface area contributed by atoms with E-state index in [0.717, 1.165) is 5.56 Å². The third-order valence-electron chi connectivity index (χ3n) is 4.38. The molecular formula is C20H19N3O2S. The standard InChI is InChI=1S/C20H19N3O2S/c1-20(2)19(25)22-16-9-5-6-10-17(16)23(20)18(24)13-26-12-15-8-4-3-7-14(15)11-21/h3-10H,12-13H2,1-2H3,(H,22,25). The molecule has 1 aliphatic rings. The summed E-state index contributed by atoms with van der Waals surface area (Å²) in [6.07, 6.45) is 0. The SMILES string of the molecule is CC1(C)C(=O)Nc2ccccc2N1C(=O)CSCc1ccccc1C#N. The summed E-state index contributed by atoms with van der Waals surface area (Å²) in [5.74, 6) is 0.462. The molecule has 1 heterocycles. The quantitative estimate of drug-likeness (QED) is 0.899. The molecule has 0 fully saturated rings. The summed E-state index contributed by atoms with van der Waals surface area (Å²) in [5.41, 5.74) is 1.92. The summed E-state index contributed by atoms with van der Waals surface area (Å²) in [7, 11) is 0. The van der Waals surface area contributed by atoms with Gasteiger partial charge in [-0.25, -0.2) is 0 Å². The molecule has 0 unspecified atom stereocenters. The topological polar surface area (TPSA) is 73.2 Å². The van der Waals surface area contributed by atoms with E-state index in [0.29, 0.717) is 22.7 Å². The number of thioether (sulfide) groups is 1. The number of hydrogen-bond donors (Lipinski definition) is 1. The van der Waals surface area contributed by atoms with Gasteiger partial charge in [-0.15, -0.1) is 11.8 Å². The van der Waals surface area contributed by atoms with Crippen molar-refractivity contribution < 1.29 is 9.59 Å². The zero-order valence-electron chi connectivity index (χ0n) is 14.7. The minimum Gasteiger partial charge on any atom is -0.322 e. The number of carbonyl (C=O) groups is 2. The summed E-state index contributed by atoms with van der Waals surface area (Å²) >= 11 is 1.44. The van der Waals surface area contributed by atoms with Gasteiger partial charge in [0.25, 0.3) is 0 Å². The number of para-hydroxylation sites is 2. The fourth-order valence-corrected chi connectivity index (χ4v) is 3.84. The Morgan fingerprint density at radius 3 is 2.65 bits per heavy atom. The summed E-state index contributed by atoms with van der Waals surface area (Å²) < 4.78 is 0. The summed E-state index contributed by atoms with van der Waals surface area (Å²) in [4.78, 5) is 26.9. The molecule has 1 N–H and O–H groups in total. The smallest absolute Gasteiger partial charge is 0.250 e. The number of hydrogen-bond acceptors (Lipinski definition) is 4. The van der Waals surface area contributed by atoms with E-state index in [1.807, 2.05) is 36.4 Å². The normalized spacial score (nSPS) is 15.0. The van der Waals surface area contributed by atoms with Crippen LogP contribution in [0.15, 0.2) is 48.5 Å². The van der Waals surface area contributed by atoms with E-state index in [2.05, 4.69) is 11.4 Å². The lowest BCUT2D eigenvalue weighted by atomic mass is 9.96. The predicted molar refractivity (Wildman–Crippen MR) is 104 cm³/mol. The van der Waals surface area contributed by atoms with Crippen LogP contribution in [-0.2, 0) is 15.3 Å². The van der Waals surface area contributed by atoms with Gasteiger partial charge in [-0.1, -0.05) is 30.3 Å². The van der Waals surface area contributed by atoms with E-state index in [4.69, 9.17) is 5.26 Å². The fourth-order valence-electron chi connectivity index (χ4n) is 2.97. The number of amides is 2. The lowest BCUT2D eigenvalue weighted by Crippen LogP contribution is -2.58. The molecule has 2 aromatic carbocycles. The Hall–Kier alpha value is -2.78. The Balaban J connectivity index is 1.76. The Labute approximate surface area is 157 Å². The van der Waals surface area contributed by atoms with Crippen molar-refractivity contribution in [2.45, 2.75) is 25.1 Å². The first-order valence-corrected chi connectivity index (χ1v) is 9.40. The second kappa shape index (κ2) is 7.22. The summed E-state index contributed by atoms with van der Waals surface area (Å²) in [6.45, 7) is 3.48. The third kappa shape index (κ3) is 3.31. The molecule has 5 nitrogen and oxygen atoms in total. The van der Waals surface area contributed by atoms with Crippen LogP contribution >= 0.6 is 11.8 Å². The van der Waals surface area contributed by atoms with E-state index < -0.39 is 5.54 Å². The summed E-state index contributed by atoms with van der Waals surface area (Å²) in [6, 6.07) is 16.8. The van der Waals surface area contributed by atoms with Crippen LogP contribution in [0, 0.1) is 11.3 Å². The van der Waals surface area contributed by atoms with Crippen molar-refractivity contribution in [3.05, 3.63) is 59.7 Å². The average Bonchev–Trinajstić information content (AvgIpc) is 2.63. The van der Waals surface area contributed by atoms with Crippen LogP contribution in [-0.4, -0.2) is 23.1 Å². The molecule has 6 heteroatoms. The molecule has 26 heavy (non-hydrogen) atoms. The van der Waals surface area contributed by atoms with Gasteiger partial charge in [-0.05, 0) is 37.6 Å². The molecule has 0 radical (unpaired) electrons. The van der Waals surface area contributed by atoms with Gasteiger partial charge in [0, 0.05) is 5.75 Å². The number of nitrogens with zero attached hydrogens (tertiary/aromatic N) is 2. The highest BCUT2D eigenvalue weighted by molar-refractivity contribution is 7.99. The highest BCUT2D eigenvalue weighted by atomic mass is 32.2. The van der Waals surface area contributed by atoms with Crippen molar-refractivity contribution >= 4 is 35.0 Å². The van der Waals surface area contributed by atoms with Crippen LogP contribution < -0.4 is 10.2 Å². The van der Waals surface area contributed by atoms with Crippen LogP contribution in [0.4, 0.5) is 11.4 Å². The molecular weight excluding hydrogens is 346 g/mol. The van der Waals surface area contributed by atoms with E-state index in [9.17, 15) is 9.59 Å². The Morgan fingerprint density at radius 1 is 1.19 bits per heavy atom. The first kappa shape index (κ1) is 18.0. The maximum absolute atomic E-state index is 12.9. The highest BCUT2D eigenvalue weighted by Gasteiger charge is 2.43. The van der Waals surface area contributed by atoms with Crippen LogP contribution in [0.3, 0.4) is 0 Å². The number of anilines is 2.